The van der Waals surface area contributed by atoms with E-state index >= 15 is 0 Å². The van der Waals surface area contributed by atoms with Crippen molar-refractivity contribution in [1.82, 2.24) is 0 Å². The molecule has 9 heavy (non-hydrogen) atoms. The van der Waals surface area contributed by atoms with Crippen LogP contribution in [0.4, 0.5) is 9.05 Å². The van der Waals surface area contributed by atoms with Crippen molar-refractivity contribution in [3.05, 3.63) is 0 Å². The summed E-state index contributed by atoms with van der Waals surface area (Å²) in [5.74, 6) is 0. The fourth-order valence-corrected chi connectivity index (χ4v) is 0. The second-order valence-corrected chi connectivity index (χ2v) is 1.60. The molecule has 0 aromatic carbocycles. The number of hydrogen-bond donors (Lipinski definition) is 3. The van der Waals surface area contributed by atoms with Crippen molar-refractivity contribution in [2.24, 2.45) is 0 Å². The summed E-state index contributed by atoms with van der Waals surface area (Å²) in [5.41, 5.74) is 0. The maximum Gasteiger partial charge on any atom is 1.00 e. The second-order valence-electron chi connectivity index (χ2n) is 0.572. The van der Waals surface area contributed by atoms with Crippen LogP contribution in [0.1, 0.15) is 1.43 Å². The maximum atomic E-state index is 9.12. The first kappa shape index (κ1) is 16.5. The van der Waals surface area contributed by atoms with Crippen molar-refractivity contribution >= 4 is 7.82 Å². The molecule has 0 aliphatic heterocycles. The van der Waals surface area contributed by atoms with E-state index in [-0.39, 0.29) is 31.0 Å². The molecule has 0 radical (unpaired) electrons. The zero-order chi connectivity index (χ0) is 7.21. The Morgan fingerprint density at radius 3 is 1.33 bits per heavy atom. The number of hydrogen-bond acceptors (Lipinski definition) is 2. The summed E-state index contributed by atoms with van der Waals surface area (Å²) in [6.45, 7) is 0. The summed E-state index contributed by atoms with van der Waals surface area (Å²) in [7, 11) is -4.64. The standard InChI is InChI=1S/F2O.Na.H3O4P.H/c1-3-2;;1-5(2,3)4;/h;;(H3,1,2,3,4);/q;+1;;-1. The number of phosphoric acid groups is 1. The van der Waals surface area contributed by atoms with Crippen molar-refractivity contribution in [1.29, 1.82) is 0 Å². The van der Waals surface area contributed by atoms with Gasteiger partial charge in [0, 0.05) is 5.15 Å². The van der Waals surface area contributed by atoms with Gasteiger partial charge in [-0.3, -0.25) is 0 Å². The summed E-state index contributed by atoms with van der Waals surface area (Å²) >= 11 is 0. The molecular weight excluding hydrogens is 172 g/mol. The average molecular weight is 176 g/mol. The smallest absolute Gasteiger partial charge is 1.00 e. The molecule has 0 heterocycles. The average Bonchev–Trinajstić information content (AvgIpc) is 1.27. The molecule has 0 aliphatic rings. The summed E-state index contributed by atoms with van der Waals surface area (Å²) in [4.78, 5) is 21.6. The maximum absolute atomic E-state index is 9.12. The molecule has 0 spiro atoms. The van der Waals surface area contributed by atoms with Gasteiger partial charge in [-0.05, 0) is 9.05 Å². The van der Waals surface area contributed by atoms with Gasteiger partial charge in [0.1, 0.15) is 0 Å². The summed E-state index contributed by atoms with van der Waals surface area (Å²) < 4.78 is 27.1. The van der Waals surface area contributed by atoms with Gasteiger partial charge < -0.3 is 16.1 Å². The number of rotatable bonds is 0. The third-order valence-electron chi connectivity index (χ3n) is 0. The van der Waals surface area contributed by atoms with Crippen LogP contribution in [0.3, 0.4) is 0 Å². The Hall–Kier alpha value is 0.930. The Bertz CT molecular complexity index is 75.5. The second kappa shape index (κ2) is 8.93. The predicted octanol–water partition coefficient (Wildman–Crippen LogP) is -3.04. The topological polar surface area (TPSA) is 87.0 Å². The van der Waals surface area contributed by atoms with Crippen molar-refractivity contribution in [2.75, 3.05) is 0 Å². The zero-order valence-electron chi connectivity index (χ0n) is 5.36. The molecule has 0 unspecified atom stereocenters. The van der Waals surface area contributed by atoms with Crippen LogP contribution in [0.5, 0.6) is 0 Å². The van der Waals surface area contributed by atoms with Crippen LogP contribution < -0.4 is 29.6 Å². The molecule has 0 aromatic heterocycles. The molecule has 0 rings (SSSR count). The van der Waals surface area contributed by atoms with E-state index in [2.05, 4.69) is 0 Å². The molecule has 9 heteroatoms. The molecular formula is H4F2NaO5P. The fraction of sp³-hybridized carbons (Fsp3) is 0. The van der Waals surface area contributed by atoms with E-state index in [4.69, 9.17) is 28.3 Å². The Kier molecular flexibility index (Phi) is 16.4. The zero-order valence-corrected chi connectivity index (χ0v) is 7.26. The largest absolute Gasteiger partial charge is 1.00 e. The van der Waals surface area contributed by atoms with Gasteiger partial charge in [-0.15, -0.1) is 0 Å². The predicted molar refractivity (Wildman–Crippen MR) is 18.7 cm³/mol. The van der Waals surface area contributed by atoms with Gasteiger partial charge in [0.2, 0.25) is 0 Å². The van der Waals surface area contributed by atoms with Crippen molar-refractivity contribution in [3.8, 4) is 0 Å². The molecule has 0 amide bonds. The van der Waals surface area contributed by atoms with Crippen LogP contribution in [0.25, 0.3) is 0 Å². The summed E-state index contributed by atoms with van der Waals surface area (Å²) in [6, 6.07) is 0. The van der Waals surface area contributed by atoms with Crippen LogP contribution in [-0.2, 0) is 9.71 Å². The first-order chi connectivity index (χ1) is 3.41. The van der Waals surface area contributed by atoms with Crippen LogP contribution in [-0.4, -0.2) is 14.7 Å². The van der Waals surface area contributed by atoms with Gasteiger partial charge in [-0.25, -0.2) is 4.57 Å². The first-order valence-corrected chi connectivity index (χ1v) is 2.66. The van der Waals surface area contributed by atoms with Gasteiger partial charge >= 0.3 is 37.4 Å². The molecule has 0 aliphatic carbocycles. The molecule has 5 nitrogen and oxygen atoms in total. The van der Waals surface area contributed by atoms with Crippen molar-refractivity contribution in [3.63, 3.8) is 0 Å². The van der Waals surface area contributed by atoms with Gasteiger partial charge in [-0.1, -0.05) is 0 Å². The van der Waals surface area contributed by atoms with Gasteiger partial charge in [0.05, 0.1) is 0 Å². The first-order valence-electron chi connectivity index (χ1n) is 1.09. The third kappa shape index (κ3) is 496. The Balaban J connectivity index is -0.0000000326. The van der Waals surface area contributed by atoms with E-state index in [1.165, 1.54) is 5.15 Å². The Morgan fingerprint density at radius 1 is 1.33 bits per heavy atom. The fourth-order valence-electron chi connectivity index (χ4n) is 0. The molecule has 54 valence electrons. The number of halogens is 2. The van der Waals surface area contributed by atoms with E-state index in [1.54, 1.807) is 0 Å². The molecule has 0 aromatic rings. The molecule has 0 saturated heterocycles. The van der Waals surface area contributed by atoms with E-state index in [1.807, 2.05) is 0 Å². The minimum absolute atomic E-state index is 0. The monoisotopic (exact) mass is 176 g/mol. The Labute approximate surface area is 72.5 Å². The van der Waals surface area contributed by atoms with Crippen molar-refractivity contribution < 1.29 is 64.4 Å². The van der Waals surface area contributed by atoms with Crippen molar-refractivity contribution in [2.45, 2.75) is 0 Å². The summed E-state index contributed by atoms with van der Waals surface area (Å²) in [6.07, 6.45) is 0. The minimum Gasteiger partial charge on any atom is -1.00 e. The van der Waals surface area contributed by atoms with E-state index in [9.17, 15) is 0 Å². The third-order valence-corrected chi connectivity index (χ3v) is 0. The Morgan fingerprint density at radius 2 is 1.33 bits per heavy atom. The van der Waals surface area contributed by atoms with Crippen LogP contribution in [0, 0.1) is 0 Å². The van der Waals surface area contributed by atoms with Crippen LogP contribution in [0.2, 0.25) is 0 Å². The molecule has 0 bridgehead atoms. The van der Waals surface area contributed by atoms with Crippen LogP contribution in [0.15, 0.2) is 0 Å². The van der Waals surface area contributed by atoms with Crippen LogP contribution >= 0.6 is 7.82 Å². The van der Waals surface area contributed by atoms with Gasteiger partial charge in [-0.2, -0.15) is 0 Å². The normalized spacial score (nSPS) is 8.56. The van der Waals surface area contributed by atoms with Gasteiger partial charge in [0.25, 0.3) is 0 Å². The quantitative estimate of drug-likeness (QED) is 0.270. The SMILES string of the molecule is FOF.O=P(O)(O)O.[H-].[Na+]. The van der Waals surface area contributed by atoms with E-state index < -0.39 is 7.82 Å². The summed E-state index contributed by atoms with van der Waals surface area (Å²) in [5, 5.41) is 1.25. The molecule has 0 atom stereocenters. The van der Waals surface area contributed by atoms with E-state index in [0.717, 1.165) is 0 Å². The molecule has 0 fully saturated rings. The molecule has 3 N–H and O–H groups in total. The minimum atomic E-state index is -4.64. The van der Waals surface area contributed by atoms with E-state index in [0.29, 0.717) is 0 Å². The van der Waals surface area contributed by atoms with Gasteiger partial charge in [0.15, 0.2) is 0 Å². The molecule has 0 saturated carbocycles.